The summed E-state index contributed by atoms with van der Waals surface area (Å²) in [6.45, 7) is 8.93. The first-order chi connectivity index (χ1) is 11.8. The van der Waals surface area contributed by atoms with Gasteiger partial charge in [-0.3, -0.25) is 5.10 Å². The van der Waals surface area contributed by atoms with Gasteiger partial charge in [0.25, 0.3) is 0 Å². The highest BCUT2D eigenvalue weighted by molar-refractivity contribution is 5.68. The van der Waals surface area contributed by atoms with E-state index in [9.17, 15) is 4.79 Å². The third-order valence-corrected chi connectivity index (χ3v) is 3.88. The van der Waals surface area contributed by atoms with Crippen LogP contribution in [0.2, 0.25) is 0 Å². The number of carbonyl (C=O) groups excluding carboxylic acids is 1. The average Bonchev–Trinajstić information content (AvgIpc) is 3.01. The Balaban J connectivity index is 1.87. The van der Waals surface area contributed by atoms with E-state index in [2.05, 4.69) is 27.6 Å². The number of carbonyl (C=O) groups is 1. The van der Waals surface area contributed by atoms with E-state index in [1.54, 1.807) is 11.9 Å². The third-order valence-electron chi connectivity index (χ3n) is 3.88. The summed E-state index contributed by atoms with van der Waals surface area (Å²) in [6, 6.07) is 10.1. The topological polar surface area (TPSA) is 70.2 Å². The van der Waals surface area contributed by atoms with E-state index in [1.807, 2.05) is 52.1 Å². The number of aromatic amines is 1. The van der Waals surface area contributed by atoms with Crippen LogP contribution in [0.3, 0.4) is 0 Å². The van der Waals surface area contributed by atoms with Crippen LogP contribution in [0.4, 0.5) is 4.79 Å². The Bertz CT molecular complexity index is 676. The highest BCUT2D eigenvalue weighted by atomic mass is 16.6. The van der Waals surface area contributed by atoms with E-state index in [4.69, 9.17) is 4.74 Å². The van der Waals surface area contributed by atoms with Gasteiger partial charge in [-0.15, -0.1) is 0 Å². The number of aromatic nitrogens is 2. The molecule has 0 spiro atoms. The van der Waals surface area contributed by atoms with Gasteiger partial charge in [0.1, 0.15) is 5.60 Å². The predicted molar refractivity (Wildman–Crippen MR) is 99.2 cm³/mol. The van der Waals surface area contributed by atoms with Crippen LogP contribution >= 0.6 is 0 Å². The van der Waals surface area contributed by atoms with Crippen LogP contribution in [0.5, 0.6) is 0 Å². The molecule has 0 radical (unpaired) electrons. The maximum Gasteiger partial charge on any atom is 0.410 e. The lowest BCUT2D eigenvalue weighted by molar-refractivity contribution is 0.0236. The fraction of sp³-hybridized carbons (Fsp3) is 0.474. The van der Waals surface area contributed by atoms with E-state index in [0.717, 1.165) is 16.8 Å². The summed E-state index contributed by atoms with van der Waals surface area (Å²) in [4.78, 5) is 13.7. The Labute approximate surface area is 149 Å². The zero-order valence-corrected chi connectivity index (χ0v) is 15.7. The maximum absolute atomic E-state index is 12.1. The van der Waals surface area contributed by atoms with Gasteiger partial charge in [-0.1, -0.05) is 30.3 Å². The molecular formula is C19H28N4O2. The summed E-state index contributed by atoms with van der Waals surface area (Å²) in [6.07, 6.45) is 1.52. The lowest BCUT2D eigenvalue weighted by Crippen LogP contribution is -2.43. The van der Waals surface area contributed by atoms with Crippen molar-refractivity contribution in [1.82, 2.24) is 20.4 Å². The summed E-state index contributed by atoms with van der Waals surface area (Å²) in [5.41, 5.74) is 2.73. The fourth-order valence-corrected chi connectivity index (χ4v) is 2.37. The van der Waals surface area contributed by atoms with E-state index in [-0.39, 0.29) is 12.1 Å². The predicted octanol–water partition coefficient (Wildman–Crippen LogP) is 3.42. The van der Waals surface area contributed by atoms with Gasteiger partial charge >= 0.3 is 6.09 Å². The number of rotatable bonds is 6. The highest BCUT2D eigenvalue weighted by Gasteiger charge is 2.22. The number of hydrogen-bond acceptors (Lipinski definition) is 4. The maximum atomic E-state index is 12.1. The molecule has 25 heavy (non-hydrogen) atoms. The average molecular weight is 344 g/mol. The van der Waals surface area contributed by atoms with E-state index in [1.165, 1.54) is 0 Å². The Morgan fingerprint density at radius 3 is 2.64 bits per heavy atom. The number of likely N-dealkylation sites (N-methyl/N-ethyl adjacent to an activating group) is 1. The SMILES string of the molecule is CC(CNCc1cn[nH]c1-c1ccccc1)N(C)C(=O)OC(C)(C)C. The molecular weight excluding hydrogens is 316 g/mol. The molecule has 136 valence electrons. The first-order valence-corrected chi connectivity index (χ1v) is 8.52. The number of H-pyrrole nitrogens is 1. The van der Waals surface area contributed by atoms with Gasteiger partial charge in [-0.05, 0) is 33.3 Å². The van der Waals surface area contributed by atoms with Crippen molar-refractivity contribution >= 4 is 6.09 Å². The van der Waals surface area contributed by atoms with Crippen molar-refractivity contribution < 1.29 is 9.53 Å². The lowest BCUT2D eigenvalue weighted by atomic mass is 10.1. The molecule has 0 aliphatic rings. The summed E-state index contributed by atoms with van der Waals surface area (Å²) >= 11 is 0. The minimum Gasteiger partial charge on any atom is -0.444 e. The first-order valence-electron chi connectivity index (χ1n) is 8.52. The van der Waals surface area contributed by atoms with Crippen LogP contribution in [0.1, 0.15) is 33.3 Å². The Morgan fingerprint density at radius 2 is 2.00 bits per heavy atom. The summed E-state index contributed by atoms with van der Waals surface area (Å²) in [7, 11) is 1.76. The molecule has 0 fully saturated rings. The van der Waals surface area contributed by atoms with Crippen LogP contribution in [0.15, 0.2) is 36.5 Å². The van der Waals surface area contributed by atoms with Crippen molar-refractivity contribution in [2.75, 3.05) is 13.6 Å². The van der Waals surface area contributed by atoms with Crippen LogP contribution < -0.4 is 5.32 Å². The van der Waals surface area contributed by atoms with Crippen molar-refractivity contribution in [3.8, 4) is 11.3 Å². The second kappa shape index (κ2) is 8.16. The molecule has 6 nitrogen and oxygen atoms in total. The van der Waals surface area contributed by atoms with E-state index in [0.29, 0.717) is 13.1 Å². The van der Waals surface area contributed by atoms with Gasteiger partial charge in [-0.2, -0.15) is 5.10 Å². The molecule has 0 aliphatic carbocycles. The second-order valence-electron chi connectivity index (χ2n) is 7.21. The zero-order chi connectivity index (χ0) is 18.4. The van der Waals surface area contributed by atoms with E-state index < -0.39 is 5.60 Å². The van der Waals surface area contributed by atoms with Gasteiger partial charge in [0.15, 0.2) is 0 Å². The van der Waals surface area contributed by atoms with Crippen molar-refractivity contribution in [1.29, 1.82) is 0 Å². The summed E-state index contributed by atoms with van der Waals surface area (Å²) < 4.78 is 5.39. The highest BCUT2D eigenvalue weighted by Crippen LogP contribution is 2.20. The number of ether oxygens (including phenoxy) is 1. The molecule has 2 rings (SSSR count). The standard InChI is InChI=1S/C19H28N4O2/c1-14(23(5)18(24)25-19(2,3)4)11-20-12-16-13-21-22-17(16)15-9-7-6-8-10-15/h6-10,13-14,20H,11-12H2,1-5H3,(H,21,22). The Morgan fingerprint density at radius 1 is 1.32 bits per heavy atom. The van der Waals surface area contributed by atoms with Crippen molar-refractivity contribution in [2.45, 2.75) is 45.9 Å². The number of nitrogens with one attached hydrogen (secondary N) is 2. The second-order valence-corrected chi connectivity index (χ2v) is 7.21. The smallest absolute Gasteiger partial charge is 0.410 e. The van der Waals surface area contributed by atoms with E-state index >= 15 is 0 Å². The van der Waals surface area contributed by atoms with Gasteiger partial charge < -0.3 is 15.0 Å². The monoisotopic (exact) mass is 344 g/mol. The molecule has 2 aromatic rings. The van der Waals surface area contributed by atoms with Gasteiger partial charge in [0.2, 0.25) is 0 Å². The molecule has 1 amide bonds. The van der Waals surface area contributed by atoms with Gasteiger partial charge in [0.05, 0.1) is 11.9 Å². The molecule has 1 aromatic carbocycles. The Hall–Kier alpha value is -2.34. The van der Waals surface area contributed by atoms with Crippen LogP contribution in [0, 0.1) is 0 Å². The first kappa shape index (κ1) is 19.0. The molecule has 0 saturated carbocycles. The molecule has 0 bridgehead atoms. The number of hydrogen-bond donors (Lipinski definition) is 2. The number of benzene rings is 1. The lowest BCUT2D eigenvalue weighted by Gasteiger charge is -2.28. The fourth-order valence-electron chi connectivity index (χ4n) is 2.37. The third kappa shape index (κ3) is 5.60. The van der Waals surface area contributed by atoms with Crippen molar-refractivity contribution in [2.24, 2.45) is 0 Å². The molecule has 1 aromatic heterocycles. The number of nitrogens with zero attached hydrogens (tertiary/aromatic N) is 2. The van der Waals surface area contributed by atoms with Crippen molar-refractivity contribution in [3.05, 3.63) is 42.1 Å². The van der Waals surface area contributed by atoms with Gasteiger partial charge in [-0.25, -0.2) is 4.79 Å². The summed E-state index contributed by atoms with van der Waals surface area (Å²) in [5.74, 6) is 0. The quantitative estimate of drug-likeness (QED) is 0.842. The zero-order valence-electron chi connectivity index (χ0n) is 15.7. The van der Waals surface area contributed by atoms with Crippen LogP contribution in [-0.4, -0.2) is 46.4 Å². The number of amides is 1. The largest absolute Gasteiger partial charge is 0.444 e. The Kier molecular flexibility index (Phi) is 6.20. The molecule has 2 N–H and O–H groups in total. The van der Waals surface area contributed by atoms with Crippen LogP contribution in [0.25, 0.3) is 11.3 Å². The minimum atomic E-state index is -0.486. The molecule has 1 heterocycles. The summed E-state index contributed by atoms with van der Waals surface area (Å²) in [5, 5.41) is 10.6. The van der Waals surface area contributed by atoms with Crippen molar-refractivity contribution in [3.63, 3.8) is 0 Å². The molecule has 0 aliphatic heterocycles. The molecule has 6 heteroatoms. The normalized spacial score (nSPS) is 12.7. The molecule has 0 saturated heterocycles. The molecule has 1 atom stereocenters. The molecule has 1 unspecified atom stereocenters. The minimum absolute atomic E-state index is 0.0157. The van der Waals surface area contributed by atoms with Crippen LogP contribution in [-0.2, 0) is 11.3 Å². The van der Waals surface area contributed by atoms with Gasteiger partial charge in [0, 0.05) is 31.7 Å².